The molecule has 0 aliphatic carbocycles. The maximum Gasteiger partial charge on any atom is 0.224 e. The molecule has 0 unspecified atom stereocenters. The maximum atomic E-state index is 11.6. The summed E-state index contributed by atoms with van der Waals surface area (Å²) in [5.74, 6) is -0.163. The van der Waals surface area contributed by atoms with Gasteiger partial charge in [-0.05, 0) is 37.1 Å². The van der Waals surface area contributed by atoms with Crippen molar-refractivity contribution < 1.29 is 13.2 Å². The second kappa shape index (κ2) is 6.20. The van der Waals surface area contributed by atoms with Crippen molar-refractivity contribution in [2.24, 2.45) is 0 Å². The molecule has 0 bridgehead atoms. The average molecular weight is 290 g/mol. The molecule has 0 aliphatic rings. The summed E-state index contributed by atoms with van der Waals surface area (Å²) in [5, 5.41) is 3.34. The molecular formula is C12H16ClNO3S. The average Bonchev–Trinajstić information content (AvgIpc) is 2.20. The normalized spacial score (nSPS) is 11.3. The van der Waals surface area contributed by atoms with Gasteiger partial charge >= 0.3 is 0 Å². The lowest BCUT2D eigenvalue weighted by Crippen LogP contribution is -2.14. The Kier molecular flexibility index (Phi) is 5.16. The van der Waals surface area contributed by atoms with E-state index >= 15 is 0 Å². The van der Waals surface area contributed by atoms with Crippen molar-refractivity contribution >= 4 is 33.0 Å². The predicted molar refractivity (Wildman–Crippen MR) is 73.8 cm³/mol. The second-order valence-electron chi connectivity index (χ2n) is 4.24. The number of hydrogen-bond acceptors (Lipinski definition) is 3. The minimum absolute atomic E-state index is 0.0278. The molecule has 1 N–H and O–H groups in total. The third kappa shape index (κ3) is 5.51. The fraction of sp³-hybridized carbons (Fsp3) is 0.417. The van der Waals surface area contributed by atoms with Gasteiger partial charge in [0.05, 0.1) is 5.75 Å². The van der Waals surface area contributed by atoms with Gasteiger partial charge in [0, 0.05) is 23.4 Å². The van der Waals surface area contributed by atoms with Crippen molar-refractivity contribution in [1.82, 2.24) is 0 Å². The molecule has 0 atom stereocenters. The van der Waals surface area contributed by atoms with Crippen molar-refractivity contribution in [3.63, 3.8) is 0 Å². The van der Waals surface area contributed by atoms with E-state index < -0.39 is 9.84 Å². The molecule has 0 spiro atoms. The highest BCUT2D eigenvalue weighted by Crippen LogP contribution is 2.19. The summed E-state index contributed by atoms with van der Waals surface area (Å²) < 4.78 is 21.8. The van der Waals surface area contributed by atoms with Crippen LogP contribution in [0.2, 0.25) is 5.02 Å². The van der Waals surface area contributed by atoms with E-state index in [1.54, 1.807) is 18.2 Å². The lowest BCUT2D eigenvalue weighted by molar-refractivity contribution is -0.116. The van der Waals surface area contributed by atoms with Crippen LogP contribution in [0.5, 0.6) is 0 Å². The molecular weight excluding hydrogens is 274 g/mol. The third-order valence-corrected chi connectivity index (χ3v) is 3.65. The van der Waals surface area contributed by atoms with Gasteiger partial charge in [0.25, 0.3) is 0 Å². The number of anilines is 1. The molecule has 18 heavy (non-hydrogen) atoms. The van der Waals surface area contributed by atoms with Crippen LogP contribution in [0, 0.1) is 6.92 Å². The van der Waals surface area contributed by atoms with Crippen molar-refractivity contribution in [1.29, 1.82) is 0 Å². The second-order valence-corrected chi connectivity index (χ2v) is 6.94. The largest absolute Gasteiger partial charge is 0.326 e. The van der Waals surface area contributed by atoms with Crippen molar-refractivity contribution in [2.75, 3.05) is 17.3 Å². The number of carbonyl (C=O) groups is 1. The number of carbonyl (C=O) groups excluding carboxylic acids is 1. The van der Waals surface area contributed by atoms with Crippen LogP contribution in [0.1, 0.15) is 18.4 Å². The summed E-state index contributed by atoms with van der Waals surface area (Å²) >= 11 is 5.81. The quantitative estimate of drug-likeness (QED) is 0.905. The Morgan fingerprint density at radius 2 is 2.06 bits per heavy atom. The van der Waals surface area contributed by atoms with Gasteiger partial charge in [0.15, 0.2) is 0 Å². The van der Waals surface area contributed by atoms with Crippen LogP contribution in [0.15, 0.2) is 18.2 Å². The first-order chi connectivity index (χ1) is 8.28. The Balaban J connectivity index is 2.50. The molecule has 6 heteroatoms. The highest BCUT2D eigenvalue weighted by molar-refractivity contribution is 7.90. The SMILES string of the molecule is Cc1cc(Cl)ccc1NC(=O)CCCS(C)(=O)=O. The summed E-state index contributed by atoms with van der Waals surface area (Å²) in [6.07, 6.45) is 1.68. The highest BCUT2D eigenvalue weighted by Gasteiger charge is 2.07. The number of amides is 1. The zero-order valence-electron chi connectivity index (χ0n) is 10.4. The van der Waals surface area contributed by atoms with Crippen molar-refractivity contribution in [2.45, 2.75) is 19.8 Å². The molecule has 0 aromatic heterocycles. The number of rotatable bonds is 5. The van der Waals surface area contributed by atoms with Gasteiger partial charge < -0.3 is 5.32 Å². The third-order valence-electron chi connectivity index (χ3n) is 2.38. The molecule has 4 nitrogen and oxygen atoms in total. The Morgan fingerprint density at radius 1 is 1.39 bits per heavy atom. The molecule has 0 heterocycles. The summed E-state index contributed by atoms with van der Waals surface area (Å²) in [4.78, 5) is 11.6. The van der Waals surface area contributed by atoms with E-state index in [2.05, 4.69) is 5.32 Å². The first-order valence-corrected chi connectivity index (χ1v) is 7.95. The van der Waals surface area contributed by atoms with Crippen LogP contribution in [0.4, 0.5) is 5.69 Å². The lowest BCUT2D eigenvalue weighted by atomic mass is 10.2. The molecule has 0 saturated carbocycles. The van der Waals surface area contributed by atoms with Crippen LogP contribution in [-0.4, -0.2) is 26.3 Å². The van der Waals surface area contributed by atoms with Gasteiger partial charge in [-0.3, -0.25) is 4.79 Å². The summed E-state index contributed by atoms with van der Waals surface area (Å²) in [6.45, 7) is 1.85. The number of halogens is 1. The number of aryl methyl sites for hydroxylation is 1. The smallest absolute Gasteiger partial charge is 0.224 e. The van der Waals surface area contributed by atoms with Gasteiger partial charge in [-0.15, -0.1) is 0 Å². The first kappa shape index (κ1) is 15.0. The van der Waals surface area contributed by atoms with Crippen LogP contribution in [0.25, 0.3) is 0 Å². The van der Waals surface area contributed by atoms with E-state index in [1.807, 2.05) is 6.92 Å². The van der Waals surface area contributed by atoms with Crippen molar-refractivity contribution in [3.05, 3.63) is 28.8 Å². The topological polar surface area (TPSA) is 63.2 Å². The monoisotopic (exact) mass is 289 g/mol. The molecule has 0 radical (unpaired) electrons. The van der Waals surface area contributed by atoms with Gasteiger partial charge in [-0.25, -0.2) is 8.42 Å². The molecule has 1 amide bonds. The lowest BCUT2D eigenvalue weighted by Gasteiger charge is -2.08. The molecule has 1 aromatic carbocycles. The highest BCUT2D eigenvalue weighted by atomic mass is 35.5. The fourth-order valence-electron chi connectivity index (χ4n) is 1.47. The Morgan fingerprint density at radius 3 is 2.61 bits per heavy atom. The fourth-order valence-corrected chi connectivity index (χ4v) is 2.37. The van der Waals surface area contributed by atoms with Crippen LogP contribution >= 0.6 is 11.6 Å². The molecule has 0 fully saturated rings. The van der Waals surface area contributed by atoms with Gasteiger partial charge in [-0.1, -0.05) is 11.6 Å². The minimum Gasteiger partial charge on any atom is -0.326 e. The zero-order chi connectivity index (χ0) is 13.8. The first-order valence-electron chi connectivity index (χ1n) is 5.51. The maximum absolute atomic E-state index is 11.6. The molecule has 100 valence electrons. The number of benzene rings is 1. The van der Waals surface area contributed by atoms with Gasteiger partial charge in [0.1, 0.15) is 9.84 Å². The summed E-state index contributed by atoms with van der Waals surface area (Å²) in [7, 11) is -3.00. The molecule has 1 aromatic rings. The Bertz CT molecular complexity index is 540. The van der Waals surface area contributed by atoms with Gasteiger partial charge in [0.2, 0.25) is 5.91 Å². The van der Waals surface area contributed by atoms with E-state index in [0.717, 1.165) is 11.8 Å². The molecule has 0 aliphatic heterocycles. The Labute approximate surface area is 112 Å². The van der Waals surface area contributed by atoms with E-state index in [-0.39, 0.29) is 18.1 Å². The van der Waals surface area contributed by atoms with Crippen LogP contribution < -0.4 is 5.32 Å². The van der Waals surface area contributed by atoms with Crippen LogP contribution in [-0.2, 0) is 14.6 Å². The van der Waals surface area contributed by atoms with E-state index in [0.29, 0.717) is 17.1 Å². The predicted octanol–water partition coefficient (Wildman–Crippen LogP) is 2.41. The summed E-state index contributed by atoms with van der Waals surface area (Å²) in [5.41, 5.74) is 1.57. The molecule has 1 rings (SSSR count). The number of nitrogens with one attached hydrogen (secondary N) is 1. The number of hydrogen-bond donors (Lipinski definition) is 1. The minimum atomic E-state index is -3.00. The number of sulfone groups is 1. The summed E-state index contributed by atoms with van der Waals surface area (Å²) in [6, 6.07) is 5.18. The van der Waals surface area contributed by atoms with Crippen molar-refractivity contribution in [3.8, 4) is 0 Å². The standard InChI is InChI=1S/C12H16ClNO3S/c1-9-8-10(13)5-6-11(9)14-12(15)4-3-7-18(2,16)17/h5-6,8H,3-4,7H2,1-2H3,(H,14,15). The Hall–Kier alpha value is -1.07. The van der Waals surface area contributed by atoms with E-state index in [9.17, 15) is 13.2 Å². The van der Waals surface area contributed by atoms with Gasteiger partial charge in [-0.2, -0.15) is 0 Å². The molecule has 0 saturated heterocycles. The van der Waals surface area contributed by atoms with E-state index in [4.69, 9.17) is 11.6 Å². The van der Waals surface area contributed by atoms with E-state index in [1.165, 1.54) is 0 Å². The van der Waals surface area contributed by atoms with Crippen LogP contribution in [0.3, 0.4) is 0 Å². The zero-order valence-corrected chi connectivity index (χ0v) is 11.9.